The van der Waals surface area contributed by atoms with Crippen LogP contribution in [-0.2, 0) is 21.5 Å². The molecule has 2 aliphatic rings. The van der Waals surface area contributed by atoms with Gasteiger partial charge in [-0.2, -0.15) is 4.99 Å². The van der Waals surface area contributed by atoms with E-state index in [4.69, 9.17) is 0 Å². The molecule has 0 saturated heterocycles. The number of rotatable bonds is 2. The van der Waals surface area contributed by atoms with Crippen molar-refractivity contribution in [3.8, 4) is 0 Å². The summed E-state index contributed by atoms with van der Waals surface area (Å²) in [4.78, 5) is 27.7. The van der Waals surface area contributed by atoms with Gasteiger partial charge in [0.2, 0.25) is 12.0 Å². The molecule has 104 valence electrons. The molecule has 1 aromatic carbocycles. The highest BCUT2D eigenvalue weighted by Crippen LogP contribution is 2.44. The number of halogens is 1. The molecule has 1 saturated carbocycles. The van der Waals surface area contributed by atoms with E-state index < -0.39 is 11.4 Å². The Kier molecular flexibility index (Phi) is 2.94. The van der Waals surface area contributed by atoms with Gasteiger partial charge in [-0.15, -0.1) is 0 Å². The van der Waals surface area contributed by atoms with Crippen LogP contribution in [-0.4, -0.2) is 19.0 Å². The number of amides is 1. The monoisotopic (exact) mass is 274 g/mol. The van der Waals surface area contributed by atoms with E-state index in [9.17, 15) is 14.0 Å². The molecule has 5 heteroatoms. The van der Waals surface area contributed by atoms with Crippen LogP contribution in [0.2, 0.25) is 0 Å². The van der Waals surface area contributed by atoms with Gasteiger partial charge in [0.25, 0.3) is 0 Å². The second-order valence-corrected chi connectivity index (χ2v) is 5.54. The zero-order valence-corrected chi connectivity index (χ0v) is 11.3. The molecule has 0 aromatic heterocycles. The maximum absolute atomic E-state index is 14.3. The average molecular weight is 274 g/mol. The summed E-state index contributed by atoms with van der Waals surface area (Å²) >= 11 is 0. The lowest BCUT2D eigenvalue weighted by Crippen LogP contribution is -2.22. The number of isocyanates is 1. The number of benzene rings is 1. The van der Waals surface area contributed by atoms with Crippen molar-refractivity contribution >= 4 is 17.7 Å². The van der Waals surface area contributed by atoms with E-state index in [1.807, 2.05) is 6.07 Å². The Balaban J connectivity index is 2.13. The molecule has 1 aliphatic carbocycles. The number of fused-ring (bicyclic) bond motifs is 1. The molecule has 0 atom stereocenters. The van der Waals surface area contributed by atoms with E-state index in [1.54, 1.807) is 13.1 Å². The molecule has 1 aromatic rings. The Morgan fingerprint density at radius 3 is 2.70 bits per heavy atom. The maximum Gasteiger partial charge on any atom is 0.235 e. The molecule has 4 nitrogen and oxygen atoms in total. The Labute approximate surface area is 116 Å². The van der Waals surface area contributed by atoms with Gasteiger partial charge in [-0.25, -0.2) is 9.18 Å². The van der Waals surface area contributed by atoms with Crippen molar-refractivity contribution in [1.29, 1.82) is 0 Å². The molecule has 3 rings (SSSR count). The van der Waals surface area contributed by atoms with Crippen molar-refractivity contribution in [2.24, 2.45) is 4.99 Å². The smallest absolute Gasteiger partial charge is 0.235 e. The molecule has 0 spiro atoms. The molecule has 20 heavy (non-hydrogen) atoms. The van der Waals surface area contributed by atoms with Gasteiger partial charge in [0, 0.05) is 7.05 Å². The first-order valence-corrected chi connectivity index (χ1v) is 6.76. The van der Waals surface area contributed by atoms with Crippen LogP contribution in [0.1, 0.15) is 36.8 Å². The van der Waals surface area contributed by atoms with Gasteiger partial charge in [-0.1, -0.05) is 18.9 Å². The van der Waals surface area contributed by atoms with Crippen molar-refractivity contribution in [2.45, 2.75) is 37.6 Å². The summed E-state index contributed by atoms with van der Waals surface area (Å²) in [5.74, 6) is -0.534. The predicted molar refractivity (Wildman–Crippen MR) is 71.8 cm³/mol. The van der Waals surface area contributed by atoms with Gasteiger partial charge < -0.3 is 4.90 Å². The quantitative estimate of drug-likeness (QED) is 0.614. The summed E-state index contributed by atoms with van der Waals surface area (Å²) in [6.07, 6.45) is 5.21. The van der Waals surface area contributed by atoms with Crippen LogP contribution in [0, 0.1) is 5.82 Å². The first-order valence-electron chi connectivity index (χ1n) is 6.76. The molecule has 1 aliphatic heterocycles. The van der Waals surface area contributed by atoms with Gasteiger partial charge in [0.05, 0.1) is 17.6 Å². The highest BCUT2D eigenvalue weighted by atomic mass is 19.1. The second kappa shape index (κ2) is 4.53. The van der Waals surface area contributed by atoms with Gasteiger partial charge in [0.15, 0.2) is 0 Å². The van der Waals surface area contributed by atoms with Gasteiger partial charge in [-0.05, 0) is 30.0 Å². The minimum Gasteiger partial charge on any atom is -0.312 e. The summed E-state index contributed by atoms with van der Waals surface area (Å²) in [6.45, 7) is 0. The SMILES string of the molecule is CN1C(=O)Cc2cc(C3(N=C=O)CCCC3)cc(F)c21. The highest BCUT2D eigenvalue weighted by molar-refractivity contribution is 6.01. The fraction of sp³-hybridized carbons (Fsp3) is 0.467. The van der Waals surface area contributed by atoms with Crippen LogP contribution in [0.15, 0.2) is 17.1 Å². The largest absolute Gasteiger partial charge is 0.312 e. The third-order valence-corrected chi connectivity index (χ3v) is 4.42. The minimum atomic E-state index is -0.651. The molecular formula is C15H15FN2O2. The summed E-state index contributed by atoms with van der Waals surface area (Å²) in [7, 11) is 1.58. The standard InChI is InChI=1S/C15H15FN2O2/c1-18-13(20)7-10-6-11(8-12(16)14(10)18)15(17-9-19)4-2-3-5-15/h6,8H,2-5,7H2,1H3. The molecule has 0 radical (unpaired) electrons. The summed E-state index contributed by atoms with van der Waals surface area (Å²) < 4.78 is 14.3. The van der Waals surface area contributed by atoms with E-state index in [1.165, 1.54) is 11.0 Å². The number of nitrogens with zero attached hydrogens (tertiary/aromatic N) is 2. The number of aliphatic imine (C=N–C) groups is 1. The summed E-state index contributed by atoms with van der Waals surface area (Å²) in [6, 6.07) is 3.24. The van der Waals surface area contributed by atoms with Crippen molar-refractivity contribution < 1.29 is 14.0 Å². The zero-order valence-electron chi connectivity index (χ0n) is 11.3. The Hall–Kier alpha value is -2.00. The predicted octanol–water partition coefficient (Wildman–Crippen LogP) is 2.45. The van der Waals surface area contributed by atoms with Gasteiger partial charge >= 0.3 is 0 Å². The molecular weight excluding hydrogens is 259 g/mol. The number of carbonyl (C=O) groups is 1. The van der Waals surface area contributed by atoms with Gasteiger partial charge in [-0.3, -0.25) is 4.79 Å². The maximum atomic E-state index is 14.3. The molecule has 1 heterocycles. The van der Waals surface area contributed by atoms with E-state index in [-0.39, 0.29) is 12.3 Å². The van der Waals surface area contributed by atoms with Crippen LogP contribution >= 0.6 is 0 Å². The molecule has 0 unspecified atom stereocenters. The van der Waals surface area contributed by atoms with E-state index in [2.05, 4.69) is 4.99 Å². The highest BCUT2D eigenvalue weighted by Gasteiger charge is 2.38. The third kappa shape index (κ3) is 1.78. The van der Waals surface area contributed by atoms with E-state index in [0.717, 1.165) is 25.7 Å². The Bertz CT molecular complexity index is 629. The fourth-order valence-corrected chi connectivity index (χ4v) is 3.35. The summed E-state index contributed by atoms with van der Waals surface area (Å²) in [5.41, 5.74) is 1.07. The summed E-state index contributed by atoms with van der Waals surface area (Å²) in [5, 5.41) is 0. The number of hydrogen-bond acceptors (Lipinski definition) is 3. The topological polar surface area (TPSA) is 49.7 Å². The van der Waals surface area contributed by atoms with Crippen LogP contribution in [0.5, 0.6) is 0 Å². The van der Waals surface area contributed by atoms with Crippen LogP contribution < -0.4 is 4.90 Å². The number of carbonyl (C=O) groups excluding carboxylic acids is 2. The first-order chi connectivity index (χ1) is 9.57. The Morgan fingerprint density at radius 2 is 2.05 bits per heavy atom. The van der Waals surface area contributed by atoms with E-state index in [0.29, 0.717) is 16.8 Å². The fourth-order valence-electron chi connectivity index (χ4n) is 3.35. The van der Waals surface area contributed by atoms with Crippen LogP contribution in [0.4, 0.5) is 10.1 Å². The second-order valence-electron chi connectivity index (χ2n) is 5.54. The Morgan fingerprint density at radius 1 is 1.35 bits per heavy atom. The molecule has 0 bridgehead atoms. The normalized spacial score (nSPS) is 19.9. The number of hydrogen-bond donors (Lipinski definition) is 0. The minimum absolute atomic E-state index is 0.115. The zero-order chi connectivity index (χ0) is 14.3. The van der Waals surface area contributed by atoms with Gasteiger partial charge in [0.1, 0.15) is 5.82 Å². The van der Waals surface area contributed by atoms with Crippen molar-refractivity contribution in [3.63, 3.8) is 0 Å². The lowest BCUT2D eigenvalue weighted by Gasteiger charge is -2.24. The molecule has 1 fully saturated rings. The van der Waals surface area contributed by atoms with Crippen molar-refractivity contribution in [3.05, 3.63) is 29.1 Å². The van der Waals surface area contributed by atoms with E-state index >= 15 is 0 Å². The number of likely N-dealkylation sites (N-methyl/N-ethyl adjacent to an activating group) is 1. The first kappa shape index (κ1) is 13.0. The van der Waals surface area contributed by atoms with Crippen molar-refractivity contribution in [2.75, 3.05) is 11.9 Å². The third-order valence-electron chi connectivity index (χ3n) is 4.42. The number of anilines is 1. The van der Waals surface area contributed by atoms with Crippen LogP contribution in [0.25, 0.3) is 0 Å². The lowest BCUT2D eigenvalue weighted by atomic mass is 9.87. The van der Waals surface area contributed by atoms with Crippen molar-refractivity contribution in [1.82, 2.24) is 0 Å². The average Bonchev–Trinajstić information content (AvgIpc) is 2.97. The lowest BCUT2D eigenvalue weighted by molar-refractivity contribution is -0.117. The van der Waals surface area contributed by atoms with Crippen LogP contribution in [0.3, 0.4) is 0 Å². The molecule has 0 N–H and O–H groups in total. The molecule has 1 amide bonds.